The van der Waals surface area contributed by atoms with Crippen molar-refractivity contribution in [2.75, 3.05) is 11.4 Å². The van der Waals surface area contributed by atoms with E-state index in [1.165, 1.54) is 5.56 Å². The van der Waals surface area contributed by atoms with Crippen LogP contribution in [0, 0.1) is 0 Å². The van der Waals surface area contributed by atoms with Gasteiger partial charge in [0.05, 0.1) is 6.42 Å². The molecule has 0 N–H and O–H groups in total. The average molecular weight is 251 g/mol. The number of fused-ring (bicyclic) bond motifs is 1. The van der Waals surface area contributed by atoms with Gasteiger partial charge in [0.1, 0.15) is 0 Å². The zero-order chi connectivity index (χ0) is 13.2. The van der Waals surface area contributed by atoms with Crippen LogP contribution in [0.15, 0.2) is 54.6 Å². The van der Waals surface area contributed by atoms with Gasteiger partial charge in [0.15, 0.2) is 0 Å². The second-order valence-corrected chi connectivity index (χ2v) is 5.13. The van der Waals surface area contributed by atoms with Gasteiger partial charge in [0.2, 0.25) is 5.91 Å². The molecule has 3 rings (SSSR count). The monoisotopic (exact) mass is 251 g/mol. The molecule has 0 aromatic heterocycles. The first-order valence-corrected chi connectivity index (χ1v) is 6.69. The number of anilines is 1. The summed E-state index contributed by atoms with van der Waals surface area (Å²) in [6.07, 6.45) is 0.474. The maximum Gasteiger partial charge on any atom is 0.231 e. The molecular formula is C17H17NO. The quantitative estimate of drug-likeness (QED) is 0.801. The highest BCUT2D eigenvalue weighted by atomic mass is 16.2. The Morgan fingerprint density at radius 2 is 1.79 bits per heavy atom. The van der Waals surface area contributed by atoms with Gasteiger partial charge in [-0.05, 0) is 17.2 Å². The lowest BCUT2D eigenvalue weighted by Crippen LogP contribution is -2.30. The van der Waals surface area contributed by atoms with Crippen LogP contribution in [0.5, 0.6) is 0 Å². The second kappa shape index (κ2) is 4.88. The van der Waals surface area contributed by atoms with Crippen LogP contribution in [0.4, 0.5) is 5.69 Å². The second-order valence-electron chi connectivity index (χ2n) is 5.13. The number of carbonyl (C=O) groups is 1. The first-order chi connectivity index (χ1) is 9.25. The fourth-order valence-electron chi connectivity index (χ4n) is 2.72. The molecule has 1 heterocycles. The summed E-state index contributed by atoms with van der Waals surface area (Å²) in [6.45, 7) is 2.97. The standard InChI is InChI=1S/C17H17NO/c1-13-12-18(16-10-6-5-9-15(13)16)17(19)11-14-7-3-2-4-8-14/h2-10,13H,11-12H2,1H3. The molecule has 2 aromatic carbocycles. The molecule has 2 nitrogen and oxygen atoms in total. The van der Waals surface area contributed by atoms with Crippen molar-refractivity contribution in [1.82, 2.24) is 0 Å². The number of hydrogen-bond acceptors (Lipinski definition) is 1. The van der Waals surface area contributed by atoms with E-state index in [1.54, 1.807) is 0 Å². The molecular weight excluding hydrogens is 234 g/mol. The minimum absolute atomic E-state index is 0.183. The van der Waals surface area contributed by atoms with E-state index in [0.29, 0.717) is 12.3 Å². The van der Waals surface area contributed by atoms with Gasteiger partial charge in [0.25, 0.3) is 0 Å². The summed E-state index contributed by atoms with van der Waals surface area (Å²) < 4.78 is 0. The van der Waals surface area contributed by atoms with Crippen molar-refractivity contribution in [3.8, 4) is 0 Å². The minimum atomic E-state index is 0.183. The highest BCUT2D eigenvalue weighted by Gasteiger charge is 2.28. The van der Waals surface area contributed by atoms with E-state index in [9.17, 15) is 4.79 Å². The van der Waals surface area contributed by atoms with Crippen LogP contribution in [0.1, 0.15) is 24.0 Å². The Morgan fingerprint density at radius 1 is 1.11 bits per heavy atom. The molecule has 0 radical (unpaired) electrons. The Hall–Kier alpha value is -2.09. The van der Waals surface area contributed by atoms with Gasteiger partial charge >= 0.3 is 0 Å². The largest absolute Gasteiger partial charge is 0.311 e. The number of carbonyl (C=O) groups excluding carboxylic acids is 1. The highest BCUT2D eigenvalue weighted by Crippen LogP contribution is 2.35. The van der Waals surface area contributed by atoms with Crippen LogP contribution < -0.4 is 4.90 Å². The molecule has 1 aliphatic rings. The van der Waals surface area contributed by atoms with Crippen molar-refractivity contribution in [1.29, 1.82) is 0 Å². The molecule has 2 heteroatoms. The Balaban J connectivity index is 1.83. The lowest BCUT2D eigenvalue weighted by Gasteiger charge is -2.17. The molecule has 0 fully saturated rings. The molecule has 19 heavy (non-hydrogen) atoms. The topological polar surface area (TPSA) is 20.3 Å². The third kappa shape index (κ3) is 2.26. The van der Waals surface area contributed by atoms with E-state index in [1.807, 2.05) is 53.4 Å². The van der Waals surface area contributed by atoms with Crippen LogP contribution in [-0.2, 0) is 11.2 Å². The third-order valence-corrected chi connectivity index (χ3v) is 3.71. The number of hydrogen-bond donors (Lipinski definition) is 0. The van der Waals surface area contributed by atoms with Crippen LogP contribution in [0.25, 0.3) is 0 Å². The van der Waals surface area contributed by atoms with Gasteiger partial charge < -0.3 is 4.90 Å². The van der Waals surface area contributed by atoms with Crippen molar-refractivity contribution >= 4 is 11.6 Å². The zero-order valence-electron chi connectivity index (χ0n) is 11.0. The van der Waals surface area contributed by atoms with Crippen LogP contribution in [-0.4, -0.2) is 12.5 Å². The van der Waals surface area contributed by atoms with Gasteiger partial charge in [-0.1, -0.05) is 55.5 Å². The van der Waals surface area contributed by atoms with E-state index >= 15 is 0 Å². The summed E-state index contributed by atoms with van der Waals surface area (Å²) >= 11 is 0. The number of rotatable bonds is 2. The van der Waals surface area contributed by atoms with Gasteiger partial charge in [-0.25, -0.2) is 0 Å². The van der Waals surface area contributed by atoms with Gasteiger partial charge in [-0.2, -0.15) is 0 Å². The van der Waals surface area contributed by atoms with E-state index in [-0.39, 0.29) is 5.91 Å². The lowest BCUT2D eigenvalue weighted by atomic mass is 10.0. The Kier molecular flexibility index (Phi) is 3.08. The number of benzene rings is 2. The summed E-state index contributed by atoms with van der Waals surface area (Å²) in [7, 11) is 0. The van der Waals surface area contributed by atoms with Gasteiger partial charge in [0, 0.05) is 18.2 Å². The fraction of sp³-hybridized carbons (Fsp3) is 0.235. The van der Waals surface area contributed by atoms with Gasteiger partial charge in [-0.3, -0.25) is 4.79 Å². The van der Waals surface area contributed by atoms with Crippen molar-refractivity contribution < 1.29 is 4.79 Å². The summed E-state index contributed by atoms with van der Waals surface area (Å²) in [5.41, 5.74) is 3.43. The molecule has 1 unspecified atom stereocenters. The van der Waals surface area contributed by atoms with Crippen molar-refractivity contribution in [2.24, 2.45) is 0 Å². The molecule has 1 amide bonds. The molecule has 0 saturated heterocycles. The maximum atomic E-state index is 12.4. The maximum absolute atomic E-state index is 12.4. The van der Waals surface area contributed by atoms with Crippen molar-refractivity contribution in [2.45, 2.75) is 19.3 Å². The molecule has 1 aliphatic heterocycles. The predicted molar refractivity (Wildman–Crippen MR) is 77.4 cm³/mol. The third-order valence-electron chi connectivity index (χ3n) is 3.71. The Morgan fingerprint density at radius 3 is 2.58 bits per heavy atom. The average Bonchev–Trinajstić information content (AvgIpc) is 2.78. The molecule has 0 aliphatic carbocycles. The fourth-order valence-corrected chi connectivity index (χ4v) is 2.72. The molecule has 0 saturated carbocycles. The summed E-state index contributed by atoms with van der Waals surface area (Å²) in [5.74, 6) is 0.610. The normalized spacial score (nSPS) is 17.3. The SMILES string of the molecule is CC1CN(C(=O)Cc2ccccc2)c2ccccc21. The lowest BCUT2D eigenvalue weighted by molar-refractivity contribution is -0.117. The Labute approximate surface area is 113 Å². The van der Waals surface area contributed by atoms with Crippen molar-refractivity contribution in [3.63, 3.8) is 0 Å². The van der Waals surface area contributed by atoms with Crippen LogP contribution >= 0.6 is 0 Å². The summed E-state index contributed by atoms with van der Waals surface area (Å²) in [6, 6.07) is 18.1. The van der Waals surface area contributed by atoms with Crippen LogP contribution in [0.2, 0.25) is 0 Å². The summed E-state index contributed by atoms with van der Waals surface area (Å²) in [4.78, 5) is 14.4. The van der Waals surface area contributed by atoms with Crippen LogP contribution in [0.3, 0.4) is 0 Å². The molecule has 0 bridgehead atoms. The van der Waals surface area contributed by atoms with E-state index in [2.05, 4.69) is 13.0 Å². The van der Waals surface area contributed by atoms with E-state index in [4.69, 9.17) is 0 Å². The summed E-state index contributed by atoms with van der Waals surface area (Å²) in [5, 5.41) is 0. The van der Waals surface area contributed by atoms with E-state index < -0.39 is 0 Å². The van der Waals surface area contributed by atoms with E-state index in [0.717, 1.165) is 17.8 Å². The predicted octanol–water partition coefficient (Wildman–Crippen LogP) is 3.38. The molecule has 0 spiro atoms. The number of amides is 1. The molecule has 2 aromatic rings. The smallest absolute Gasteiger partial charge is 0.231 e. The molecule has 1 atom stereocenters. The highest BCUT2D eigenvalue weighted by molar-refractivity contribution is 5.97. The van der Waals surface area contributed by atoms with Crippen molar-refractivity contribution in [3.05, 3.63) is 65.7 Å². The number of nitrogens with zero attached hydrogens (tertiary/aromatic N) is 1. The zero-order valence-corrected chi connectivity index (χ0v) is 11.0. The first kappa shape index (κ1) is 12.0. The van der Waals surface area contributed by atoms with Gasteiger partial charge in [-0.15, -0.1) is 0 Å². The Bertz CT molecular complexity index is 591. The molecule has 96 valence electrons. The minimum Gasteiger partial charge on any atom is -0.311 e. The number of para-hydroxylation sites is 1. The first-order valence-electron chi connectivity index (χ1n) is 6.69.